The van der Waals surface area contributed by atoms with Gasteiger partial charge in [-0.25, -0.2) is 9.97 Å². The minimum Gasteiger partial charge on any atom is -0.391 e. The largest absolute Gasteiger partial charge is 0.391 e. The van der Waals surface area contributed by atoms with Crippen LogP contribution in [0.3, 0.4) is 0 Å². The lowest BCUT2D eigenvalue weighted by Gasteiger charge is -2.15. The molecule has 0 aliphatic carbocycles. The van der Waals surface area contributed by atoms with Crippen LogP contribution in [0.15, 0.2) is 17.8 Å². The first-order valence-corrected chi connectivity index (χ1v) is 6.16. The van der Waals surface area contributed by atoms with Crippen LogP contribution in [0.4, 0.5) is 5.82 Å². The number of aliphatic hydroxyl groups is 1. The average Bonchev–Trinajstić information content (AvgIpc) is 2.73. The van der Waals surface area contributed by atoms with Crippen LogP contribution >= 0.6 is 11.3 Å². The van der Waals surface area contributed by atoms with Gasteiger partial charge in [0.25, 0.3) is 0 Å². The molecule has 1 atom stereocenters. The van der Waals surface area contributed by atoms with E-state index in [2.05, 4.69) is 15.3 Å². The summed E-state index contributed by atoms with van der Waals surface area (Å²) in [5.41, 5.74) is 0.946. The summed E-state index contributed by atoms with van der Waals surface area (Å²) in [6.45, 7) is 4.50. The Morgan fingerprint density at radius 2 is 2.25 bits per heavy atom. The van der Waals surface area contributed by atoms with Crippen LogP contribution in [-0.4, -0.2) is 27.7 Å². The zero-order valence-electron chi connectivity index (χ0n) is 9.34. The maximum Gasteiger partial charge on any atom is 0.147 e. The lowest BCUT2D eigenvalue weighted by atomic mass is 10.1. The van der Waals surface area contributed by atoms with Crippen LogP contribution in [-0.2, 0) is 0 Å². The molecule has 2 heterocycles. The molecule has 0 bridgehead atoms. The van der Waals surface area contributed by atoms with Crippen molar-refractivity contribution in [2.24, 2.45) is 5.92 Å². The van der Waals surface area contributed by atoms with Gasteiger partial charge >= 0.3 is 0 Å². The molecule has 0 radical (unpaired) electrons. The summed E-state index contributed by atoms with van der Waals surface area (Å²) >= 11 is 1.60. The Kier molecular flexibility index (Phi) is 3.36. The van der Waals surface area contributed by atoms with Crippen molar-refractivity contribution >= 4 is 27.4 Å². The summed E-state index contributed by atoms with van der Waals surface area (Å²) in [4.78, 5) is 8.35. The number of hydrogen-bond donors (Lipinski definition) is 2. The van der Waals surface area contributed by atoms with Crippen LogP contribution in [0.2, 0.25) is 0 Å². The molecule has 5 heteroatoms. The van der Waals surface area contributed by atoms with Crippen LogP contribution < -0.4 is 5.32 Å². The summed E-state index contributed by atoms with van der Waals surface area (Å²) in [6, 6.07) is 1.96. The van der Waals surface area contributed by atoms with E-state index in [9.17, 15) is 5.11 Å². The predicted molar refractivity (Wildman–Crippen MR) is 66.7 cm³/mol. The van der Waals surface area contributed by atoms with E-state index in [-0.39, 0.29) is 12.0 Å². The fourth-order valence-electron chi connectivity index (χ4n) is 1.35. The monoisotopic (exact) mass is 237 g/mol. The number of nitrogens with one attached hydrogen (secondary N) is 1. The second-order valence-corrected chi connectivity index (χ2v) is 4.97. The SMILES string of the molecule is CC(C)C(O)CNc1ncnc2ccsc12. The zero-order chi connectivity index (χ0) is 11.5. The number of hydrogen-bond acceptors (Lipinski definition) is 5. The number of rotatable bonds is 4. The smallest absolute Gasteiger partial charge is 0.147 e. The third kappa shape index (κ3) is 2.31. The van der Waals surface area contributed by atoms with Crippen LogP contribution in [0, 0.1) is 5.92 Å². The Hall–Kier alpha value is -1.20. The predicted octanol–water partition coefficient (Wildman–Crippen LogP) is 2.12. The Labute approximate surface area is 98.4 Å². The Bertz CT molecular complexity index is 469. The van der Waals surface area contributed by atoms with E-state index in [1.807, 2.05) is 25.3 Å². The molecule has 0 saturated heterocycles. The van der Waals surface area contributed by atoms with Crippen molar-refractivity contribution < 1.29 is 5.11 Å². The van der Waals surface area contributed by atoms with E-state index < -0.39 is 0 Å². The van der Waals surface area contributed by atoms with E-state index in [0.717, 1.165) is 16.0 Å². The van der Waals surface area contributed by atoms with E-state index in [4.69, 9.17) is 0 Å². The van der Waals surface area contributed by atoms with Crippen LogP contribution in [0.25, 0.3) is 10.2 Å². The Morgan fingerprint density at radius 1 is 1.44 bits per heavy atom. The first-order chi connectivity index (χ1) is 7.68. The normalized spacial score (nSPS) is 13.2. The second-order valence-electron chi connectivity index (χ2n) is 4.05. The van der Waals surface area contributed by atoms with Gasteiger partial charge in [0, 0.05) is 6.54 Å². The molecule has 0 amide bonds. The van der Waals surface area contributed by atoms with Gasteiger partial charge in [0.2, 0.25) is 0 Å². The maximum atomic E-state index is 9.71. The van der Waals surface area contributed by atoms with Gasteiger partial charge in [-0.1, -0.05) is 13.8 Å². The third-order valence-corrected chi connectivity index (χ3v) is 3.40. The topological polar surface area (TPSA) is 58.0 Å². The number of nitrogens with zero attached hydrogens (tertiary/aromatic N) is 2. The van der Waals surface area contributed by atoms with Crippen molar-refractivity contribution in [3.8, 4) is 0 Å². The summed E-state index contributed by atoms with van der Waals surface area (Å²) in [7, 11) is 0. The molecule has 0 aliphatic heterocycles. The highest BCUT2D eigenvalue weighted by molar-refractivity contribution is 7.17. The first kappa shape index (κ1) is 11.3. The van der Waals surface area contributed by atoms with Gasteiger partial charge in [0.15, 0.2) is 0 Å². The molecule has 0 spiro atoms. The number of aromatic nitrogens is 2. The maximum absolute atomic E-state index is 9.71. The first-order valence-electron chi connectivity index (χ1n) is 5.28. The van der Waals surface area contributed by atoms with Crippen molar-refractivity contribution in [2.75, 3.05) is 11.9 Å². The van der Waals surface area contributed by atoms with Crippen molar-refractivity contribution in [1.29, 1.82) is 0 Å². The number of anilines is 1. The number of thiophene rings is 1. The van der Waals surface area contributed by atoms with Crippen molar-refractivity contribution in [3.05, 3.63) is 17.8 Å². The zero-order valence-corrected chi connectivity index (χ0v) is 10.2. The van der Waals surface area contributed by atoms with Gasteiger partial charge in [-0.3, -0.25) is 0 Å². The molecule has 2 N–H and O–H groups in total. The van der Waals surface area contributed by atoms with Crippen LogP contribution in [0.1, 0.15) is 13.8 Å². The van der Waals surface area contributed by atoms with E-state index in [1.54, 1.807) is 17.7 Å². The van der Waals surface area contributed by atoms with Crippen molar-refractivity contribution in [1.82, 2.24) is 9.97 Å². The summed E-state index contributed by atoms with van der Waals surface area (Å²) in [5, 5.41) is 14.9. The van der Waals surface area contributed by atoms with Gasteiger partial charge in [-0.05, 0) is 17.4 Å². The third-order valence-electron chi connectivity index (χ3n) is 2.49. The molecule has 1 unspecified atom stereocenters. The lowest BCUT2D eigenvalue weighted by Crippen LogP contribution is -2.25. The molecule has 0 aromatic carbocycles. The number of aliphatic hydroxyl groups excluding tert-OH is 1. The molecule has 2 rings (SSSR count). The highest BCUT2D eigenvalue weighted by Gasteiger charge is 2.10. The molecular formula is C11H15N3OS. The highest BCUT2D eigenvalue weighted by atomic mass is 32.1. The molecule has 86 valence electrons. The summed E-state index contributed by atoms with van der Waals surface area (Å²) in [6.07, 6.45) is 1.18. The van der Waals surface area contributed by atoms with Gasteiger partial charge in [-0.15, -0.1) is 11.3 Å². The molecule has 0 aliphatic rings. The van der Waals surface area contributed by atoms with E-state index in [1.165, 1.54) is 0 Å². The molecule has 0 saturated carbocycles. The summed E-state index contributed by atoms with van der Waals surface area (Å²) in [5.74, 6) is 1.05. The van der Waals surface area contributed by atoms with Crippen molar-refractivity contribution in [2.45, 2.75) is 20.0 Å². The molecule has 4 nitrogen and oxygen atoms in total. The highest BCUT2D eigenvalue weighted by Crippen LogP contribution is 2.24. The Morgan fingerprint density at radius 3 is 3.00 bits per heavy atom. The van der Waals surface area contributed by atoms with Gasteiger partial charge in [0.1, 0.15) is 12.1 Å². The van der Waals surface area contributed by atoms with Gasteiger partial charge in [-0.2, -0.15) is 0 Å². The van der Waals surface area contributed by atoms with Gasteiger partial charge in [0.05, 0.1) is 16.3 Å². The van der Waals surface area contributed by atoms with Gasteiger partial charge < -0.3 is 10.4 Å². The minimum absolute atomic E-state index is 0.244. The summed E-state index contributed by atoms with van der Waals surface area (Å²) < 4.78 is 1.04. The molecule has 0 fully saturated rings. The second kappa shape index (κ2) is 4.76. The average molecular weight is 237 g/mol. The Balaban J connectivity index is 2.12. The molecule has 2 aromatic rings. The fourth-order valence-corrected chi connectivity index (χ4v) is 2.16. The fraction of sp³-hybridized carbons (Fsp3) is 0.455. The molecular weight excluding hydrogens is 222 g/mol. The van der Waals surface area contributed by atoms with Crippen LogP contribution in [0.5, 0.6) is 0 Å². The minimum atomic E-state index is -0.357. The molecule has 2 aromatic heterocycles. The van der Waals surface area contributed by atoms with E-state index >= 15 is 0 Å². The standard InChI is InChI=1S/C11H15N3OS/c1-7(2)9(15)5-12-11-10-8(3-4-16-10)13-6-14-11/h3-4,6-7,9,15H,5H2,1-2H3,(H,12,13,14). The number of fused-ring (bicyclic) bond motifs is 1. The lowest BCUT2D eigenvalue weighted by molar-refractivity contribution is 0.138. The van der Waals surface area contributed by atoms with E-state index in [0.29, 0.717) is 6.54 Å². The quantitative estimate of drug-likeness (QED) is 0.855. The van der Waals surface area contributed by atoms with Crippen molar-refractivity contribution in [3.63, 3.8) is 0 Å². The molecule has 16 heavy (non-hydrogen) atoms.